The number of hydrogen-bond acceptors (Lipinski definition) is 6. The van der Waals surface area contributed by atoms with Gasteiger partial charge in [-0.15, -0.1) is 0 Å². The SMILES string of the molecule is CC.CC(C)c1cc(C2=CC(=O)CC2)n(C2CCCCO2)n1.CCC/C(=C\C(COC)=NC)C(C)=O. The van der Waals surface area contributed by atoms with Gasteiger partial charge in [-0.25, -0.2) is 4.68 Å². The van der Waals surface area contributed by atoms with Gasteiger partial charge < -0.3 is 9.47 Å². The molecule has 1 fully saturated rings. The Morgan fingerprint density at radius 2 is 2.03 bits per heavy atom. The Kier molecular flexibility index (Phi) is 15.1. The van der Waals surface area contributed by atoms with Crippen LogP contribution in [0.3, 0.4) is 0 Å². The van der Waals surface area contributed by atoms with Crippen molar-refractivity contribution in [2.75, 3.05) is 27.4 Å². The second-order valence-electron chi connectivity index (χ2n) is 9.13. The molecule has 1 atom stereocenters. The Labute approximate surface area is 218 Å². The zero-order valence-electron chi connectivity index (χ0n) is 23.7. The molecule has 0 saturated carbocycles. The number of nitrogens with zero attached hydrogens (tertiary/aromatic N) is 3. The van der Waals surface area contributed by atoms with E-state index < -0.39 is 0 Å². The van der Waals surface area contributed by atoms with Crippen LogP contribution < -0.4 is 0 Å². The van der Waals surface area contributed by atoms with E-state index in [2.05, 4.69) is 31.8 Å². The molecule has 1 unspecified atom stereocenters. The van der Waals surface area contributed by atoms with Gasteiger partial charge in [-0.05, 0) is 74.3 Å². The van der Waals surface area contributed by atoms with E-state index in [1.807, 2.05) is 24.6 Å². The van der Waals surface area contributed by atoms with Gasteiger partial charge in [0, 0.05) is 27.2 Å². The average Bonchev–Trinajstić information content (AvgIpc) is 3.52. The highest BCUT2D eigenvalue weighted by Crippen LogP contribution is 2.32. The van der Waals surface area contributed by atoms with Gasteiger partial charge in [-0.2, -0.15) is 5.10 Å². The standard InChI is InChI=1S/C16H22N2O2.C11H19NO2.C2H6/c1-11(2)14-10-15(12-6-7-13(19)9-12)18(17-14)16-5-3-4-8-20-16;1-5-6-10(9(2)13)7-11(12-3)8-14-4;1-2/h9-11,16H,3-8H2,1-2H3;7H,5-6,8H2,1-4H3;1-2H3/b;10-7+,12-11?;. The molecule has 0 spiro atoms. The first kappa shape index (κ1) is 31.6. The highest BCUT2D eigenvalue weighted by molar-refractivity contribution is 6.04. The third-order valence-corrected chi connectivity index (χ3v) is 5.97. The molecule has 36 heavy (non-hydrogen) atoms. The van der Waals surface area contributed by atoms with Crippen molar-refractivity contribution in [2.24, 2.45) is 4.99 Å². The maximum Gasteiger partial charge on any atom is 0.156 e. The van der Waals surface area contributed by atoms with Crippen LogP contribution in [-0.2, 0) is 19.1 Å². The maximum absolute atomic E-state index is 11.5. The van der Waals surface area contributed by atoms with Crippen LogP contribution in [0.15, 0.2) is 28.8 Å². The number of allylic oxidation sites excluding steroid dienone is 3. The van der Waals surface area contributed by atoms with E-state index in [4.69, 9.17) is 14.6 Å². The summed E-state index contributed by atoms with van der Waals surface area (Å²) in [5.41, 5.74) is 4.90. The van der Waals surface area contributed by atoms with Crippen molar-refractivity contribution in [1.29, 1.82) is 0 Å². The summed E-state index contributed by atoms with van der Waals surface area (Å²) in [4.78, 5) is 26.8. The fraction of sp³-hybridized carbons (Fsp3) is 0.655. The summed E-state index contributed by atoms with van der Waals surface area (Å²) >= 11 is 0. The highest BCUT2D eigenvalue weighted by Gasteiger charge is 2.25. The molecule has 0 bridgehead atoms. The third kappa shape index (κ3) is 9.94. The van der Waals surface area contributed by atoms with Crippen molar-refractivity contribution in [2.45, 2.75) is 98.6 Å². The van der Waals surface area contributed by atoms with Gasteiger partial charge >= 0.3 is 0 Å². The number of Topliss-reactive ketones (excluding diaryl/α,β-unsaturated/α-hetero) is 1. The van der Waals surface area contributed by atoms with Crippen LogP contribution in [0.5, 0.6) is 0 Å². The number of ketones is 2. The molecule has 202 valence electrons. The van der Waals surface area contributed by atoms with Crippen LogP contribution in [0.25, 0.3) is 5.57 Å². The number of carbonyl (C=O) groups is 2. The lowest BCUT2D eigenvalue weighted by Gasteiger charge is -2.24. The molecule has 3 rings (SSSR count). The Bertz CT molecular complexity index is 919. The number of methoxy groups -OCH3 is 1. The Balaban J connectivity index is 0.000000359. The molecule has 7 heteroatoms. The van der Waals surface area contributed by atoms with E-state index in [0.717, 1.165) is 67.0 Å². The molecule has 0 aromatic carbocycles. The lowest BCUT2D eigenvalue weighted by atomic mass is 10.1. The van der Waals surface area contributed by atoms with Gasteiger partial charge in [-0.1, -0.05) is 41.0 Å². The quantitative estimate of drug-likeness (QED) is 0.285. The minimum absolute atomic E-state index is 0.0304. The van der Waals surface area contributed by atoms with Crippen LogP contribution in [0, 0.1) is 0 Å². The monoisotopic (exact) mass is 501 g/mol. The summed E-state index contributed by atoms with van der Waals surface area (Å²) in [6.45, 7) is 13.2. The van der Waals surface area contributed by atoms with Crippen molar-refractivity contribution in [3.8, 4) is 0 Å². The van der Waals surface area contributed by atoms with Gasteiger partial charge in [-0.3, -0.25) is 14.6 Å². The fourth-order valence-corrected chi connectivity index (χ4v) is 4.01. The molecular weight excluding hydrogens is 454 g/mol. The Morgan fingerprint density at radius 3 is 2.50 bits per heavy atom. The summed E-state index contributed by atoms with van der Waals surface area (Å²) in [6, 6.07) is 2.13. The second-order valence-corrected chi connectivity index (χ2v) is 9.13. The van der Waals surface area contributed by atoms with E-state index in [9.17, 15) is 9.59 Å². The van der Waals surface area contributed by atoms with E-state index >= 15 is 0 Å². The molecular formula is C29H47N3O4. The zero-order valence-corrected chi connectivity index (χ0v) is 23.7. The number of aromatic nitrogens is 2. The van der Waals surface area contributed by atoms with Crippen LogP contribution in [0.4, 0.5) is 0 Å². The van der Waals surface area contributed by atoms with Crippen molar-refractivity contribution in [3.05, 3.63) is 35.2 Å². The topological polar surface area (TPSA) is 82.8 Å². The second kappa shape index (κ2) is 17.1. The first-order valence-corrected chi connectivity index (χ1v) is 13.4. The van der Waals surface area contributed by atoms with E-state index in [1.54, 1.807) is 27.2 Å². The van der Waals surface area contributed by atoms with Gasteiger partial charge in [0.25, 0.3) is 0 Å². The van der Waals surface area contributed by atoms with E-state index in [-0.39, 0.29) is 17.8 Å². The summed E-state index contributed by atoms with van der Waals surface area (Å²) in [7, 11) is 3.32. The largest absolute Gasteiger partial charge is 0.378 e. The molecule has 0 amide bonds. The lowest BCUT2D eigenvalue weighted by molar-refractivity contribution is -0.114. The van der Waals surface area contributed by atoms with Crippen molar-refractivity contribution in [3.63, 3.8) is 0 Å². The summed E-state index contributed by atoms with van der Waals surface area (Å²) in [5, 5.41) is 4.74. The zero-order chi connectivity index (χ0) is 27.1. The number of carbonyl (C=O) groups excluding carboxylic acids is 2. The molecule has 2 heterocycles. The fourth-order valence-electron chi connectivity index (χ4n) is 4.01. The molecule has 2 aliphatic rings. The van der Waals surface area contributed by atoms with Gasteiger partial charge in [0.1, 0.15) is 0 Å². The number of ether oxygens (including phenoxy) is 2. The number of hydrogen-bond donors (Lipinski definition) is 0. The summed E-state index contributed by atoms with van der Waals surface area (Å²) in [5.74, 6) is 0.726. The molecule has 1 aromatic rings. The minimum Gasteiger partial charge on any atom is -0.378 e. The molecule has 7 nitrogen and oxygen atoms in total. The van der Waals surface area contributed by atoms with Crippen LogP contribution in [-0.4, -0.2) is 54.4 Å². The lowest BCUT2D eigenvalue weighted by Crippen LogP contribution is -2.21. The molecule has 1 aromatic heterocycles. The van der Waals surface area contributed by atoms with Gasteiger partial charge in [0.15, 0.2) is 17.8 Å². The molecule has 0 N–H and O–H groups in total. The van der Waals surface area contributed by atoms with Crippen LogP contribution in [0.1, 0.15) is 110 Å². The number of aliphatic imine (C=N–C) groups is 1. The van der Waals surface area contributed by atoms with E-state index in [0.29, 0.717) is 18.9 Å². The molecule has 1 saturated heterocycles. The molecule has 1 aliphatic heterocycles. The first-order valence-electron chi connectivity index (χ1n) is 13.4. The van der Waals surface area contributed by atoms with Crippen molar-refractivity contribution in [1.82, 2.24) is 9.78 Å². The highest BCUT2D eigenvalue weighted by atomic mass is 16.5. The molecule has 1 aliphatic carbocycles. The summed E-state index contributed by atoms with van der Waals surface area (Å²) < 4.78 is 12.9. The number of rotatable bonds is 9. The third-order valence-electron chi connectivity index (χ3n) is 5.97. The smallest absolute Gasteiger partial charge is 0.156 e. The molecule has 0 radical (unpaired) electrons. The van der Waals surface area contributed by atoms with Gasteiger partial charge in [0.2, 0.25) is 0 Å². The Morgan fingerprint density at radius 1 is 1.31 bits per heavy atom. The van der Waals surface area contributed by atoms with Crippen molar-refractivity contribution >= 4 is 22.9 Å². The van der Waals surface area contributed by atoms with Gasteiger partial charge in [0.05, 0.1) is 23.7 Å². The average molecular weight is 502 g/mol. The van der Waals surface area contributed by atoms with Crippen LogP contribution >= 0.6 is 0 Å². The normalized spacial score (nSPS) is 18.3. The summed E-state index contributed by atoms with van der Waals surface area (Å²) in [6.07, 6.45) is 10.2. The first-order chi connectivity index (χ1) is 17.3. The maximum atomic E-state index is 11.5. The minimum atomic E-state index is 0.0304. The van der Waals surface area contributed by atoms with Crippen molar-refractivity contribution < 1.29 is 19.1 Å². The Hall–Kier alpha value is -2.38. The predicted molar refractivity (Wildman–Crippen MR) is 148 cm³/mol. The predicted octanol–water partition coefficient (Wildman–Crippen LogP) is 6.50. The van der Waals surface area contributed by atoms with E-state index in [1.165, 1.54) is 6.42 Å². The van der Waals surface area contributed by atoms with Crippen LogP contribution in [0.2, 0.25) is 0 Å².